The number of hydrogen-bond acceptors (Lipinski definition) is 5. The maximum absolute atomic E-state index is 12.7. The summed E-state index contributed by atoms with van der Waals surface area (Å²) in [4.78, 5) is 28.5. The van der Waals surface area contributed by atoms with E-state index in [-0.39, 0.29) is 5.88 Å². The summed E-state index contributed by atoms with van der Waals surface area (Å²) in [5, 5.41) is 0. The quantitative estimate of drug-likeness (QED) is 0.685. The first-order valence-electron chi connectivity index (χ1n) is 7.60. The third-order valence-electron chi connectivity index (χ3n) is 3.66. The van der Waals surface area contributed by atoms with Gasteiger partial charge >= 0.3 is 11.5 Å². The van der Waals surface area contributed by atoms with E-state index in [0.717, 1.165) is 5.56 Å². The van der Waals surface area contributed by atoms with Gasteiger partial charge in [-0.25, -0.2) is 9.78 Å². The van der Waals surface area contributed by atoms with E-state index < -0.39 is 11.5 Å². The molecule has 0 bridgehead atoms. The lowest BCUT2D eigenvalue weighted by Gasteiger charge is -2.12. The number of esters is 1. The predicted octanol–water partition coefficient (Wildman–Crippen LogP) is 3.12. The zero-order valence-corrected chi connectivity index (χ0v) is 13.8. The fraction of sp³-hybridized carbons (Fsp3) is 0.105. The Morgan fingerprint density at radius 3 is 2.60 bits per heavy atom. The van der Waals surface area contributed by atoms with E-state index >= 15 is 0 Å². The molecule has 0 aliphatic rings. The highest BCUT2D eigenvalue weighted by atomic mass is 16.5. The molecule has 3 aromatic rings. The van der Waals surface area contributed by atoms with E-state index in [9.17, 15) is 9.59 Å². The minimum absolute atomic E-state index is 0.0448. The second-order valence-electron chi connectivity index (χ2n) is 5.32. The average molecular weight is 336 g/mol. The molecule has 2 aromatic carbocycles. The Bertz CT molecular complexity index is 965. The van der Waals surface area contributed by atoms with Crippen LogP contribution in [0.15, 0.2) is 65.7 Å². The first kappa shape index (κ1) is 16.4. The van der Waals surface area contributed by atoms with Gasteiger partial charge in [0.15, 0.2) is 0 Å². The van der Waals surface area contributed by atoms with E-state index in [1.165, 1.54) is 24.1 Å². The van der Waals surface area contributed by atoms with E-state index in [1.54, 1.807) is 42.5 Å². The molecule has 0 unspecified atom stereocenters. The SMILES string of the molecule is COC(=O)c1ccc(C)c(-n2ccnc(Oc3ccccc3)c2=O)c1. The number of carbonyl (C=O) groups excluding carboxylic acids is 1. The van der Waals surface area contributed by atoms with Gasteiger partial charge in [0, 0.05) is 12.4 Å². The molecule has 0 atom stereocenters. The maximum Gasteiger partial charge on any atom is 0.337 e. The van der Waals surface area contributed by atoms with Crippen LogP contribution in [0.4, 0.5) is 0 Å². The molecule has 0 aliphatic carbocycles. The summed E-state index contributed by atoms with van der Waals surface area (Å²) in [5.41, 5.74) is 1.33. The largest absolute Gasteiger partial charge is 0.465 e. The van der Waals surface area contributed by atoms with Crippen molar-refractivity contribution in [2.45, 2.75) is 6.92 Å². The fourth-order valence-electron chi connectivity index (χ4n) is 2.37. The molecule has 6 heteroatoms. The third-order valence-corrected chi connectivity index (χ3v) is 3.66. The molecule has 1 heterocycles. The van der Waals surface area contributed by atoms with Gasteiger partial charge in [-0.15, -0.1) is 0 Å². The zero-order chi connectivity index (χ0) is 17.8. The summed E-state index contributed by atoms with van der Waals surface area (Å²) in [7, 11) is 1.31. The minimum Gasteiger partial charge on any atom is -0.465 e. The molecule has 25 heavy (non-hydrogen) atoms. The Kier molecular flexibility index (Phi) is 4.61. The Balaban J connectivity index is 2.05. The molecule has 1 aromatic heterocycles. The van der Waals surface area contributed by atoms with Crippen LogP contribution >= 0.6 is 0 Å². The van der Waals surface area contributed by atoms with Crippen LogP contribution in [0.3, 0.4) is 0 Å². The molecule has 6 nitrogen and oxygen atoms in total. The lowest BCUT2D eigenvalue weighted by atomic mass is 10.1. The number of nitrogens with zero attached hydrogens (tertiary/aromatic N) is 2. The molecule has 0 aliphatic heterocycles. The molecule has 126 valence electrons. The second-order valence-corrected chi connectivity index (χ2v) is 5.32. The topological polar surface area (TPSA) is 70.4 Å². The Morgan fingerprint density at radius 2 is 1.88 bits per heavy atom. The maximum atomic E-state index is 12.7. The predicted molar refractivity (Wildman–Crippen MR) is 92.4 cm³/mol. The molecule has 0 radical (unpaired) electrons. The van der Waals surface area contributed by atoms with Crippen molar-refractivity contribution in [2.75, 3.05) is 7.11 Å². The van der Waals surface area contributed by atoms with E-state index in [4.69, 9.17) is 9.47 Å². The molecular weight excluding hydrogens is 320 g/mol. The first-order valence-corrected chi connectivity index (χ1v) is 7.60. The van der Waals surface area contributed by atoms with Gasteiger partial charge < -0.3 is 9.47 Å². The van der Waals surface area contributed by atoms with Gasteiger partial charge in [-0.3, -0.25) is 9.36 Å². The highest BCUT2D eigenvalue weighted by molar-refractivity contribution is 5.90. The summed E-state index contributed by atoms with van der Waals surface area (Å²) < 4.78 is 11.7. The van der Waals surface area contributed by atoms with E-state index in [0.29, 0.717) is 17.0 Å². The number of carbonyl (C=O) groups is 1. The highest BCUT2D eigenvalue weighted by Gasteiger charge is 2.13. The van der Waals surface area contributed by atoms with Crippen molar-refractivity contribution in [3.63, 3.8) is 0 Å². The lowest BCUT2D eigenvalue weighted by molar-refractivity contribution is 0.0600. The Morgan fingerprint density at radius 1 is 1.12 bits per heavy atom. The number of aryl methyl sites for hydroxylation is 1. The summed E-state index contributed by atoms with van der Waals surface area (Å²) in [5.74, 6) is 0.00516. The highest BCUT2D eigenvalue weighted by Crippen LogP contribution is 2.18. The monoisotopic (exact) mass is 336 g/mol. The van der Waals surface area contributed by atoms with Crippen LogP contribution in [0.5, 0.6) is 11.6 Å². The normalized spacial score (nSPS) is 10.3. The van der Waals surface area contributed by atoms with Crippen molar-refractivity contribution in [1.82, 2.24) is 9.55 Å². The number of ether oxygens (including phenoxy) is 2. The van der Waals surface area contributed by atoms with Crippen molar-refractivity contribution in [1.29, 1.82) is 0 Å². The minimum atomic E-state index is -0.468. The molecule has 0 saturated heterocycles. The number of aromatic nitrogens is 2. The van der Waals surface area contributed by atoms with Crippen LogP contribution in [-0.4, -0.2) is 22.6 Å². The first-order chi connectivity index (χ1) is 12.1. The fourth-order valence-corrected chi connectivity index (χ4v) is 2.37. The van der Waals surface area contributed by atoms with Gasteiger partial charge in [-0.2, -0.15) is 0 Å². The van der Waals surface area contributed by atoms with Gasteiger partial charge in [-0.05, 0) is 36.8 Å². The van der Waals surface area contributed by atoms with Gasteiger partial charge in [0.2, 0.25) is 0 Å². The lowest BCUT2D eigenvalue weighted by Crippen LogP contribution is -2.21. The summed E-state index contributed by atoms with van der Waals surface area (Å²) in [6.07, 6.45) is 3.01. The molecule has 0 spiro atoms. The van der Waals surface area contributed by atoms with Crippen LogP contribution in [0.2, 0.25) is 0 Å². The van der Waals surface area contributed by atoms with E-state index in [2.05, 4.69) is 4.98 Å². The van der Waals surface area contributed by atoms with Crippen molar-refractivity contribution in [3.8, 4) is 17.3 Å². The number of para-hydroxylation sites is 1. The standard InChI is InChI=1S/C19H16N2O4/c1-13-8-9-14(19(23)24-2)12-16(13)21-11-10-20-17(18(21)22)25-15-6-4-3-5-7-15/h3-12H,1-2H3. The second kappa shape index (κ2) is 7.00. The number of hydrogen-bond donors (Lipinski definition) is 0. The molecule has 0 N–H and O–H groups in total. The van der Waals surface area contributed by atoms with Crippen LogP contribution in [0.25, 0.3) is 5.69 Å². The van der Waals surface area contributed by atoms with Gasteiger partial charge in [0.1, 0.15) is 5.75 Å². The summed E-state index contributed by atoms with van der Waals surface area (Å²) in [6.45, 7) is 1.85. The average Bonchev–Trinajstić information content (AvgIpc) is 2.64. The molecular formula is C19H16N2O4. The van der Waals surface area contributed by atoms with Crippen molar-refractivity contribution in [3.05, 3.63) is 82.4 Å². The zero-order valence-electron chi connectivity index (χ0n) is 13.8. The number of rotatable bonds is 4. The van der Waals surface area contributed by atoms with Gasteiger partial charge in [0.05, 0.1) is 18.4 Å². The van der Waals surface area contributed by atoms with Gasteiger partial charge in [0.25, 0.3) is 5.88 Å². The smallest absolute Gasteiger partial charge is 0.337 e. The van der Waals surface area contributed by atoms with Crippen molar-refractivity contribution in [2.24, 2.45) is 0 Å². The molecule has 3 rings (SSSR count). The van der Waals surface area contributed by atoms with Crippen molar-refractivity contribution >= 4 is 5.97 Å². The molecule has 0 saturated carbocycles. The van der Waals surface area contributed by atoms with Crippen LogP contribution in [-0.2, 0) is 4.74 Å². The van der Waals surface area contributed by atoms with Crippen LogP contribution < -0.4 is 10.3 Å². The van der Waals surface area contributed by atoms with Crippen LogP contribution in [0, 0.1) is 6.92 Å². The summed E-state index contributed by atoms with van der Waals surface area (Å²) in [6, 6.07) is 14.0. The van der Waals surface area contributed by atoms with Crippen molar-refractivity contribution < 1.29 is 14.3 Å². The summed E-state index contributed by atoms with van der Waals surface area (Å²) >= 11 is 0. The number of benzene rings is 2. The van der Waals surface area contributed by atoms with Gasteiger partial charge in [-0.1, -0.05) is 24.3 Å². The third kappa shape index (κ3) is 3.42. The number of methoxy groups -OCH3 is 1. The Labute approximate surface area is 144 Å². The van der Waals surface area contributed by atoms with E-state index in [1.807, 2.05) is 13.0 Å². The molecule has 0 amide bonds. The van der Waals surface area contributed by atoms with Crippen LogP contribution in [0.1, 0.15) is 15.9 Å². The Hall–Kier alpha value is -3.41. The molecule has 0 fully saturated rings.